The second-order valence-corrected chi connectivity index (χ2v) is 16.0. The van der Waals surface area contributed by atoms with Gasteiger partial charge in [-0.3, -0.25) is 0 Å². The van der Waals surface area contributed by atoms with Gasteiger partial charge >= 0.3 is 0 Å². The summed E-state index contributed by atoms with van der Waals surface area (Å²) in [4.78, 5) is 2.41. The molecule has 1 atom stereocenters. The average molecular weight is 720 g/mol. The maximum absolute atomic E-state index is 10.0. The lowest BCUT2D eigenvalue weighted by Gasteiger charge is -2.36. The number of benzene rings is 2. The molecule has 0 fully saturated rings. The zero-order valence-electron chi connectivity index (χ0n) is 28.6. The van der Waals surface area contributed by atoms with E-state index in [4.69, 9.17) is 16.3 Å². The van der Waals surface area contributed by atoms with E-state index in [1.54, 1.807) is 0 Å². The lowest BCUT2D eigenvalue weighted by Crippen LogP contribution is -2.26. The number of ether oxygens (including phenoxy) is 1. The summed E-state index contributed by atoms with van der Waals surface area (Å²) in [5, 5.41) is 29.7. The molecule has 3 aliphatic rings. The Kier molecular flexibility index (Phi) is 9.72. The Morgan fingerprint density at radius 1 is 0.979 bits per heavy atom. The van der Waals surface area contributed by atoms with Crippen molar-refractivity contribution in [3.63, 3.8) is 0 Å². The van der Waals surface area contributed by atoms with E-state index in [9.17, 15) is 15.8 Å². The minimum Gasteiger partial charge on any atom is -0.480 e. The van der Waals surface area contributed by atoms with Crippen molar-refractivity contribution in [2.24, 2.45) is 11.3 Å². The molecule has 0 bridgehead atoms. The van der Waals surface area contributed by atoms with Crippen LogP contribution in [0.4, 0.5) is 5.69 Å². The number of allylic oxidation sites excluding steroid dienone is 9. The number of para-hydroxylation sites is 1. The van der Waals surface area contributed by atoms with Crippen LogP contribution in [0.3, 0.4) is 0 Å². The van der Waals surface area contributed by atoms with Gasteiger partial charge in [-0.15, -0.1) is 0 Å². The molecule has 2 aromatic rings. The highest BCUT2D eigenvalue weighted by molar-refractivity contribution is 9.10. The number of hydrogen-bond donors (Lipinski definition) is 0. The third-order valence-electron chi connectivity index (χ3n) is 9.73. The molecule has 0 saturated carbocycles. The van der Waals surface area contributed by atoms with Crippen LogP contribution in [0.15, 0.2) is 122 Å². The lowest BCUT2D eigenvalue weighted by atomic mass is 9.70. The molecule has 2 heterocycles. The number of anilines is 1. The maximum atomic E-state index is 10.0. The summed E-state index contributed by atoms with van der Waals surface area (Å²) in [5.41, 5.74) is 6.48. The van der Waals surface area contributed by atoms with Gasteiger partial charge in [0.05, 0.1) is 0 Å². The molecule has 48 heavy (non-hydrogen) atoms. The summed E-state index contributed by atoms with van der Waals surface area (Å²) in [6.45, 7) is 15.7. The Morgan fingerprint density at radius 2 is 1.65 bits per heavy atom. The van der Waals surface area contributed by atoms with E-state index in [1.807, 2.05) is 38.1 Å². The van der Waals surface area contributed by atoms with Crippen LogP contribution in [-0.2, 0) is 16.7 Å². The van der Waals surface area contributed by atoms with Crippen LogP contribution >= 0.6 is 27.5 Å². The highest BCUT2D eigenvalue weighted by Crippen LogP contribution is 2.50. The van der Waals surface area contributed by atoms with Crippen molar-refractivity contribution in [3.8, 4) is 18.2 Å². The van der Waals surface area contributed by atoms with Crippen LogP contribution in [-0.4, -0.2) is 5.60 Å². The van der Waals surface area contributed by atoms with Gasteiger partial charge in [0.25, 0.3) is 0 Å². The molecule has 0 amide bonds. The lowest BCUT2D eigenvalue weighted by molar-refractivity contribution is 0.0954. The fourth-order valence-corrected chi connectivity index (χ4v) is 7.36. The van der Waals surface area contributed by atoms with Gasteiger partial charge in [-0.25, -0.2) is 0 Å². The van der Waals surface area contributed by atoms with Gasteiger partial charge in [-0.2, -0.15) is 15.8 Å². The molecular weight excluding hydrogens is 680 g/mol. The number of fused-ring (bicyclic) bond motifs is 1. The first kappa shape index (κ1) is 35.0. The van der Waals surface area contributed by atoms with Gasteiger partial charge in [0.2, 0.25) is 0 Å². The van der Waals surface area contributed by atoms with E-state index >= 15 is 0 Å². The largest absolute Gasteiger partial charge is 0.480 e. The summed E-state index contributed by atoms with van der Waals surface area (Å²) < 4.78 is 7.04. The Morgan fingerprint density at radius 3 is 2.27 bits per heavy atom. The topological polar surface area (TPSA) is 83.8 Å². The van der Waals surface area contributed by atoms with Gasteiger partial charge in [0.15, 0.2) is 11.3 Å². The highest BCUT2D eigenvalue weighted by Gasteiger charge is 2.41. The number of nitrogens with zero attached hydrogens (tertiary/aromatic N) is 4. The van der Waals surface area contributed by atoms with E-state index in [-0.39, 0.29) is 27.7 Å². The van der Waals surface area contributed by atoms with Crippen LogP contribution in [0, 0.1) is 45.3 Å². The summed E-state index contributed by atoms with van der Waals surface area (Å²) in [6, 6.07) is 23.0. The molecule has 5 nitrogen and oxygen atoms in total. The van der Waals surface area contributed by atoms with Gasteiger partial charge in [-0.1, -0.05) is 111 Å². The van der Waals surface area contributed by atoms with E-state index in [2.05, 4.69) is 122 Å². The number of rotatable bonds is 5. The highest BCUT2D eigenvalue weighted by atomic mass is 79.9. The molecule has 0 radical (unpaired) electrons. The Bertz CT molecular complexity index is 1950. The van der Waals surface area contributed by atoms with Crippen LogP contribution in [0.5, 0.6) is 0 Å². The van der Waals surface area contributed by atoms with Gasteiger partial charge in [0, 0.05) is 38.4 Å². The summed E-state index contributed by atoms with van der Waals surface area (Å²) in [5.74, 6) is 0.358. The fraction of sp³-hybridized carbons (Fsp3) is 0.341. The quantitative estimate of drug-likeness (QED) is 0.287. The first-order chi connectivity index (χ1) is 22.6. The number of halogens is 2. The smallest absolute Gasteiger partial charge is 0.172 e. The van der Waals surface area contributed by atoms with Crippen molar-refractivity contribution in [3.05, 3.63) is 133 Å². The summed E-state index contributed by atoms with van der Waals surface area (Å²) in [7, 11) is 0. The fourth-order valence-electron chi connectivity index (χ4n) is 6.81. The molecule has 0 saturated heterocycles. The molecule has 7 heteroatoms. The standard InChI is InChI=1S/C41H40BrClN4O/c1-39(2,3)30-20-27(14-18-33-32(24-46)38(29(22-44)23-45)48-41(33,6)7)37(43)28(21-30)15-19-36-40(4,5)34-10-8-9-11-35(34)47(36)25-26-12-16-31(42)17-13-26/h8-19,30H,20-21,25H2,1-7H3/b18-14+,28-15+,36-19+. The first-order valence-electron chi connectivity index (χ1n) is 16.1. The minimum absolute atomic E-state index is 0.0244. The maximum Gasteiger partial charge on any atom is 0.172 e. The van der Waals surface area contributed by atoms with Gasteiger partial charge in [-0.05, 0) is 84.6 Å². The predicted molar refractivity (Wildman–Crippen MR) is 196 cm³/mol. The number of nitriles is 3. The van der Waals surface area contributed by atoms with Crippen molar-refractivity contribution < 1.29 is 4.74 Å². The SMILES string of the molecule is CC1(C)OC(=C(C#N)C#N)C(C#N)=C1/C=C/C1=C(Cl)C(=C/C=C2/N(Cc3ccc(Br)cc3)c3ccccc3C2(C)C)/CC(C(C)(C)C)C1. The van der Waals surface area contributed by atoms with Crippen molar-refractivity contribution in [1.29, 1.82) is 15.8 Å². The molecular formula is C41H40BrClN4O. The van der Waals surface area contributed by atoms with Crippen LogP contribution in [0.1, 0.15) is 72.4 Å². The van der Waals surface area contributed by atoms with Crippen molar-refractivity contribution >= 4 is 33.2 Å². The molecule has 0 aromatic heterocycles. The first-order valence-corrected chi connectivity index (χ1v) is 17.3. The molecule has 1 unspecified atom stereocenters. The third-order valence-corrected chi connectivity index (χ3v) is 10.7. The Hall–Kier alpha value is -4.28. The predicted octanol–water partition coefficient (Wildman–Crippen LogP) is 11.0. The van der Waals surface area contributed by atoms with Crippen molar-refractivity contribution in [2.45, 2.75) is 78.9 Å². The van der Waals surface area contributed by atoms with E-state index < -0.39 is 5.60 Å². The molecule has 2 aliphatic heterocycles. The molecule has 1 aliphatic carbocycles. The summed E-state index contributed by atoms with van der Waals surface area (Å²) in [6.07, 6.45) is 9.91. The minimum atomic E-state index is -0.897. The van der Waals surface area contributed by atoms with Crippen LogP contribution < -0.4 is 4.90 Å². The van der Waals surface area contributed by atoms with Crippen molar-refractivity contribution in [1.82, 2.24) is 0 Å². The molecule has 0 spiro atoms. The zero-order chi connectivity index (χ0) is 35.0. The monoisotopic (exact) mass is 718 g/mol. The number of hydrogen-bond acceptors (Lipinski definition) is 5. The second kappa shape index (κ2) is 13.3. The average Bonchev–Trinajstić information content (AvgIpc) is 3.41. The Labute approximate surface area is 298 Å². The normalized spacial score (nSPS) is 21.8. The zero-order valence-corrected chi connectivity index (χ0v) is 30.9. The molecule has 5 rings (SSSR count). The van der Waals surface area contributed by atoms with E-state index in [0.29, 0.717) is 16.5 Å². The van der Waals surface area contributed by atoms with E-state index in [1.165, 1.54) is 22.5 Å². The summed E-state index contributed by atoms with van der Waals surface area (Å²) >= 11 is 10.8. The molecule has 2 aromatic carbocycles. The van der Waals surface area contributed by atoms with Gasteiger partial charge in [0.1, 0.15) is 29.4 Å². The molecule has 0 N–H and O–H groups in total. The van der Waals surface area contributed by atoms with Crippen LogP contribution in [0.25, 0.3) is 0 Å². The second-order valence-electron chi connectivity index (χ2n) is 14.7. The van der Waals surface area contributed by atoms with Crippen LogP contribution in [0.2, 0.25) is 0 Å². The van der Waals surface area contributed by atoms with E-state index in [0.717, 1.165) is 35.0 Å². The Balaban J connectivity index is 1.60. The van der Waals surface area contributed by atoms with Crippen molar-refractivity contribution in [2.75, 3.05) is 4.90 Å². The third kappa shape index (κ3) is 6.69. The van der Waals surface area contributed by atoms with Gasteiger partial charge < -0.3 is 9.64 Å². The molecule has 244 valence electrons.